The molecule has 0 N–H and O–H groups in total. The molecule has 2 rings (SSSR count). The molecule has 0 aliphatic heterocycles. The SMILES string of the molecule is C[N+](C)([O-])CCN(Cc1ccc(Cl)cc1)c1ccccn1.Cl. The maximum absolute atomic E-state index is 11.8. The molecular formula is C16H21Cl2N3O. The van der Waals surface area contributed by atoms with E-state index in [1.165, 1.54) is 0 Å². The molecule has 0 fully saturated rings. The molecule has 0 unspecified atom stereocenters. The van der Waals surface area contributed by atoms with Gasteiger partial charge in [-0.25, -0.2) is 4.98 Å². The Kier molecular flexibility index (Phi) is 7.10. The van der Waals surface area contributed by atoms with E-state index in [1.807, 2.05) is 42.5 Å². The Morgan fingerprint density at radius 3 is 2.36 bits per heavy atom. The molecule has 0 bridgehead atoms. The van der Waals surface area contributed by atoms with Crippen LogP contribution in [0, 0.1) is 5.21 Å². The van der Waals surface area contributed by atoms with Crippen LogP contribution in [-0.4, -0.2) is 36.8 Å². The fourth-order valence-electron chi connectivity index (χ4n) is 1.99. The summed E-state index contributed by atoms with van der Waals surface area (Å²) in [5, 5.41) is 12.5. The van der Waals surface area contributed by atoms with E-state index < -0.39 is 0 Å². The molecule has 0 amide bonds. The van der Waals surface area contributed by atoms with Gasteiger partial charge in [-0.2, -0.15) is 0 Å². The Bertz CT molecular complexity index is 556. The molecule has 6 heteroatoms. The van der Waals surface area contributed by atoms with Crippen LogP contribution in [0.4, 0.5) is 5.82 Å². The van der Waals surface area contributed by atoms with Gasteiger partial charge in [0.2, 0.25) is 0 Å². The van der Waals surface area contributed by atoms with Crippen molar-refractivity contribution in [2.75, 3.05) is 32.1 Å². The smallest absolute Gasteiger partial charge is 0.128 e. The summed E-state index contributed by atoms with van der Waals surface area (Å²) < 4.78 is -0.316. The maximum Gasteiger partial charge on any atom is 0.128 e. The van der Waals surface area contributed by atoms with Crippen LogP contribution in [-0.2, 0) is 6.54 Å². The Morgan fingerprint density at radius 2 is 1.82 bits per heavy atom. The van der Waals surface area contributed by atoms with Gasteiger partial charge in [0, 0.05) is 17.8 Å². The third-order valence-electron chi connectivity index (χ3n) is 3.17. The van der Waals surface area contributed by atoms with Gasteiger partial charge in [0.25, 0.3) is 0 Å². The quantitative estimate of drug-likeness (QED) is 0.593. The van der Waals surface area contributed by atoms with Crippen molar-refractivity contribution in [2.45, 2.75) is 6.54 Å². The zero-order valence-electron chi connectivity index (χ0n) is 12.8. The van der Waals surface area contributed by atoms with E-state index in [0.717, 1.165) is 16.4 Å². The van der Waals surface area contributed by atoms with Crippen LogP contribution >= 0.6 is 24.0 Å². The topological polar surface area (TPSA) is 39.2 Å². The average Bonchev–Trinajstić information content (AvgIpc) is 2.45. The van der Waals surface area contributed by atoms with Crippen molar-refractivity contribution in [3.8, 4) is 0 Å². The molecule has 22 heavy (non-hydrogen) atoms. The Balaban J connectivity index is 0.00000242. The molecule has 120 valence electrons. The van der Waals surface area contributed by atoms with E-state index in [0.29, 0.717) is 19.6 Å². The summed E-state index contributed by atoms with van der Waals surface area (Å²) in [4.78, 5) is 6.50. The van der Waals surface area contributed by atoms with E-state index in [1.54, 1.807) is 20.3 Å². The van der Waals surface area contributed by atoms with Crippen LogP contribution in [0.25, 0.3) is 0 Å². The second kappa shape index (κ2) is 8.34. The van der Waals surface area contributed by atoms with Gasteiger partial charge in [-0.1, -0.05) is 29.8 Å². The van der Waals surface area contributed by atoms with Crippen molar-refractivity contribution in [3.63, 3.8) is 0 Å². The number of hydrogen-bond donors (Lipinski definition) is 0. The minimum Gasteiger partial charge on any atom is -0.633 e. The van der Waals surface area contributed by atoms with E-state index in [-0.39, 0.29) is 17.1 Å². The number of quaternary nitrogens is 1. The molecule has 0 atom stereocenters. The summed E-state index contributed by atoms with van der Waals surface area (Å²) in [7, 11) is 3.30. The minimum atomic E-state index is -0.316. The van der Waals surface area contributed by atoms with E-state index in [2.05, 4.69) is 9.88 Å². The second-order valence-electron chi connectivity index (χ2n) is 5.53. The molecule has 0 radical (unpaired) electrons. The zero-order valence-corrected chi connectivity index (χ0v) is 14.3. The molecule has 4 nitrogen and oxygen atoms in total. The van der Waals surface area contributed by atoms with Gasteiger partial charge < -0.3 is 14.8 Å². The lowest BCUT2D eigenvalue weighted by Crippen LogP contribution is -2.40. The molecule has 0 spiro atoms. The molecule has 1 aromatic heterocycles. The third-order valence-corrected chi connectivity index (χ3v) is 3.42. The third kappa shape index (κ3) is 6.20. The summed E-state index contributed by atoms with van der Waals surface area (Å²) in [6.45, 7) is 1.86. The standard InChI is InChI=1S/C16H20ClN3O.ClH/c1-20(2,21)12-11-19(16-5-3-4-10-18-16)13-14-6-8-15(17)9-7-14;/h3-10H,11-13H2,1-2H3;1H. The van der Waals surface area contributed by atoms with E-state index in [9.17, 15) is 5.21 Å². The molecular weight excluding hydrogens is 321 g/mol. The molecule has 0 saturated carbocycles. The molecule has 0 saturated heterocycles. The van der Waals surface area contributed by atoms with Gasteiger partial charge >= 0.3 is 0 Å². The Morgan fingerprint density at radius 1 is 1.14 bits per heavy atom. The van der Waals surface area contributed by atoms with Gasteiger partial charge in [0.05, 0.1) is 27.2 Å². The Hall–Kier alpha value is -1.33. The molecule has 0 aliphatic carbocycles. The summed E-state index contributed by atoms with van der Waals surface area (Å²) in [5.41, 5.74) is 1.14. The largest absolute Gasteiger partial charge is 0.633 e. The Labute approximate surface area is 142 Å². The number of pyridine rings is 1. The first-order chi connectivity index (χ1) is 9.94. The van der Waals surface area contributed by atoms with Gasteiger partial charge in [-0.15, -0.1) is 12.4 Å². The van der Waals surface area contributed by atoms with Crippen molar-refractivity contribution in [2.24, 2.45) is 0 Å². The number of nitrogens with zero attached hydrogens (tertiary/aromatic N) is 3. The van der Waals surface area contributed by atoms with Gasteiger partial charge in [0.15, 0.2) is 0 Å². The highest BCUT2D eigenvalue weighted by molar-refractivity contribution is 6.30. The molecule has 2 aromatic rings. The van der Waals surface area contributed by atoms with Crippen LogP contribution in [0.2, 0.25) is 5.02 Å². The highest BCUT2D eigenvalue weighted by Gasteiger charge is 2.12. The van der Waals surface area contributed by atoms with E-state index in [4.69, 9.17) is 11.6 Å². The van der Waals surface area contributed by atoms with Crippen molar-refractivity contribution < 1.29 is 4.65 Å². The van der Waals surface area contributed by atoms with Crippen molar-refractivity contribution in [3.05, 3.63) is 64.5 Å². The number of likely N-dealkylation sites (N-methyl/N-ethyl adjacent to an activating group) is 1. The number of rotatable bonds is 6. The zero-order chi connectivity index (χ0) is 15.3. The molecule has 1 heterocycles. The molecule has 0 aliphatic rings. The predicted octanol–water partition coefficient (Wildman–Crippen LogP) is 3.74. The van der Waals surface area contributed by atoms with Crippen LogP contribution in [0.1, 0.15) is 5.56 Å². The van der Waals surface area contributed by atoms with Gasteiger partial charge in [-0.3, -0.25) is 0 Å². The first kappa shape index (κ1) is 18.7. The second-order valence-corrected chi connectivity index (χ2v) is 5.97. The lowest BCUT2D eigenvalue weighted by molar-refractivity contribution is -0.838. The number of hydroxylamine groups is 3. The number of benzene rings is 1. The predicted molar refractivity (Wildman–Crippen MR) is 94.3 cm³/mol. The summed E-state index contributed by atoms with van der Waals surface area (Å²) in [6, 6.07) is 13.5. The number of halogens is 2. The lowest BCUT2D eigenvalue weighted by atomic mass is 10.2. The summed E-state index contributed by atoms with van der Waals surface area (Å²) >= 11 is 5.92. The first-order valence-electron chi connectivity index (χ1n) is 6.88. The van der Waals surface area contributed by atoms with Crippen LogP contribution in [0.3, 0.4) is 0 Å². The van der Waals surface area contributed by atoms with Crippen LogP contribution < -0.4 is 4.90 Å². The van der Waals surface area contributed by atoms with Crippen molar-refractivity contribution in [1.29, 1.82) is 0 Å². The normalized spacial score (nSPS) is 10.9. The number of anilines is 1. The number of hydrogen-bond acceptors (Lipinski definition) is 3. The lowest BCUT2D eigenvalue weighted by Gasteiger charge is -2.36. The average molecular weight is 342 g/mol. The fourth-order valence-corrected chi connectivity index (χ4v) is 2.11. The van der Waals surface area contributed by atoms with E-state index >= 15 is 0 Å². The highest BCUT2D eigenvalue weighted by Crippen LogP contribution is 2.16. The summed E-state index contributed by atoms with van der Waals surface area (Å²) in [5.74, 6) is 0.876. The number of aromatic nitrogens is 1. The van der Waals surface area contributed by atoms with Crippen LogP contribution in [0.5, 0.6) is 0 Å². The molecule has 1 aromatic carbocycles. The van der Waals surface area contributed by atoms with Gasteiger partial charge in [0.1, 0.15) is 5.82 Å². The first-order valence-corrected chi connectivity index (χ1v) is 7.26. The minimum absolute atomic E-state index is 0. The summed E-state index contributed by atoms with van der Waals surface area (Å²) in [6.07, 6.45) is 1.77. The fraction of sp³-hybridized carbons (Fsp3) is 0.312. The highest BCUT2D eigenvalue weighted by atomic mass is 35.5. The maximum atomic E-state index is 11.8. The van der Waals surface area contributed by atoms with Crippen molar-refractivity contribution in [1.82, 2.24) is 4.98 Å². The van der Waals surface area contributed by atoms with Crippen LogP contribution in [0.15, 0.2) is 48.7 Å². The van der Waals surface area contributed by atoms with Gasteiger partial charge in [-0.05, 0) is 29.8 Å². The van der Waals surface area contributed by atoms with Crippen molar-refractivity contribution >= 4 is 29.8 Å². The monoisotopic (exact) mass is 341 g/mol.